The fourth-order valence-corrected chi connectivity index (χ4v) is 6.77. The average molecular weight is 752 g/mol. The van der Waals surface area contributed by atoms with Crippen LogP contribution in [-0.2, 0) is 16.1 Å². The summed E-state index contributed by atoms with van der Waals surface area (Å²) in [6, 6.07) is 14.4. The zero-order valence-electron chi connectivity index (χ0n) is 27.7. The van der Waals surface area contributed by atoms with Crippen molar-refractivity contribution in [3.63, 3.8) is 0 Å². The van der Waals surface area contributed by atoms with Crippen LogP contribution in [0.1, 0.15) is 60.8 Å². The number of hydrogen-bond donors (Lipinski definition) is 1. The summed E-state index contributed by atoms with van der Waals surface area (Å²) in [6.45, 7) is 7.61. The van der Waals surface area contributed by atoms with Crippen molar-refractivity contribution in [2.24, 2.45) is 4.99 Å². The van der Waals surface area contributed by atoms with Crippen molar-refractivity contribution in [2.45, 2.75) is 46.4 Å². The number of benzene rings is 3. The summed E-state index contributed by atoms with van der Waals surface area (Å²) in [6.07, 6.45) is 1.64. The molecule has 0 fully saturated rings. The molecule has 49 heavy (non-hydrogen) atoms. The number of carbonyl (C=O) groups is 2. The Kier molecular flexibility index (Phi) is 10.9. The van der Waals surface area contributed by atoms with Crippen molar-refractivity contribution in [2.75, 3.05) is 20.8 Å². The maximum Gasteiger partial charge on any atom is 0.338 e. The molecule has 0 spiro atoms. The highest BCUT2D eigenvalue weighted by Crippen LogP contribution is 2.37. The van der Waals surface area contributed by atoms with Crippen molar-refractivity contribution in [1.29, 1.82) is 0 Å². The number of fused-ring (bicyclic) bond motifs is 1. The average Bonchev–Trinajstić information content (AvgIpc) is 3.37. The SMILES string of the molecule is CCOC(=O)C1=C(C)N=c2s/c(=C\c3cc(OC)c(OCc4ccc(C(=O)O)cc4)cc3Br)c(=O)n2[C@@H]1c1ccc(OC(C)C)c(OC)c1. The molecule has 0 aliphatic carbocycles. The third-order valence-electron chi connectivity index (χ3n) is 7.55. The Hall–Kier alpha value is -4.88. The normalized spacial score (nSPS) is 14.3. The minimum Gasteiger partial charge on any atom is -0.493 e. The Bertz CT molecular complexity index is 2120. The van der Waals surface area contributed by atoms with E-state index in [9.17, 15) is 14.4 Å². The molecule has 1 aromatic heterocycles. The molecular formula is C36H35BrN2O9S. The third kappa shape index (κ3) is 7.57. The topological polar surface area (TPSA) is 135 Å². The first kappa shape index (κ1) is 35.4. The quantitative estimate of drug-likeness (QED) is 0.183. The molecule has 0 saturated heterocycles. The van der Waals surface area contributed by atoms with Crippen LogP contribution in [0.5, 0.6) is 23.0 Å². The predicted octanol–water partition coefficient (Wildman–Crippen LogP) is 5.64. The van der Waals surface area contributed by atoms with Gasteiger partial charge < -0.3 is 28.8 Å². The molecule has 5 rings (SSSR count). The standard InChI is InChI=1S/C36H35BrN2O9S/c1-7-46-35(43)31-20(4)38-36-39(32(31)23-12-13-26(48-19(2)3)27(14-23)44-5)33(40)30(49-36)16-24-15-28(45-6)29(17-25(24)37)47-18-21-8-10-22(11-9-21)34(41)42/h8-17,19,32H,7,18H2,1-6H3,(H,41,42)/b30-16-/t32-/m1/s1. The highest BCUT2D eigenvalue weighted by Gasteiger charge is 2.34. The fourth-order valence-electron chi connectivity index (χ4n) is 5.29. The van der Waals surface area contributed by atoms with Gasteiger partial charge in [-0.3, -0.25) is 9.36 Å². The van der Waals surface area contributed by atoms with Gasteiger partial charge in [0, 0.05) is 4.47 Å². The number of rotatable bonds is 12. The summed E-state index contributed by atoms with van der Waals surface area (Å²) in [5, 5.41) is 9.15. The molecule has 1 aliphatic heterocycles. The molecule has 0 unspecified atom stereocenters. The lowest BCUT2D eigenvalue weighted by Gasteiger charge is -2.25. The second kappa shape index (κ2) is 15.1. The number of ether oxygens (including phenoxy) is 5. The van der Waals surface area contributed by atoms with Crippen molar-refractivity contribution >= 4 is 45.3 Å². The van der Waals surface area contributed by atoms with E-state index in [0.717, 1.165) is 5.56 Å². The second-order valence-electron chi connectivity index (χ2n) is 11.2. The first-order chi connectivity index (χ1) is 23.4. The van der Waals surface area contributed by atoms with Crippen LogP contribution < -0.4 is 33.8 Å². The van der Waals surface area contributed by atoms with Gasteiger partial charge in [0.15, 0.2) is 27.8 Å². The van der Waals surface area contributed by atoms with Gasteiger partial charge in [0.25, 0.3) is 5.56 Å². The molecule has 1 atom stereocenters. The van der Waals surface area contributed by atoms with Gasteiger partial charge in [-0.1, -0.05) is 45.5 Å². The number of thiazole rings is 1. The van der Waals surface area contributed by atoms with Crippen LogP contribution in [0.2, 0.25) is 0 Å². The van der Waals surface area contributed by atoms with Crippen LogP contribution in [0.3, 0.4) is 0 Å². The summed E-state index contributed by atoms with van der Waals surface area (Å²) in [4.78, 5) is 43.8. The number of allylic oxidation sites excluding steroid dienone is 1. The molecule has 13 heteroatoms. The van der Waals surface area contributed by atoms with Crippen molar-refractivity contribution in [1.82, 2.24) is 4.57 Å². The van der Waals surface area contributed by atoms with Crippen LogP contribution in [0.25, 0.3) is 6.08 Å². The molecule has 4 aromatic rings. The van der Waals surface area contributed by atoms with Crippen LogP contribution in [0.15, 0.2) is 80.1 Å². The molecule has 2 heterocycles. The fraction of sp³-hybridized carbons (Fsp3) is 0.278. The van der Waals surface area contributed by atoms with Crippen LogP contribution in [-0.4, -0.2) is 48.5 Å². The lowest BCUT2D eigenvalue weighted by Crippen LogP contribution is -2.40. The van der Waals surface area contributed by atoms with E-state index < -0.39 is 18.0 Å². The Balaban J connectivity index is 1.56. The molecule has 0 bridgehead atoms. The monoisotopic (exact) mass is 750 g/mol. The van der Waals surface area contributed by atoms with Gasteiger partial charge in [-0.2, -0.15) is 0 Å². The Morgan fingerprint density at radius 3 is 2.35 bits per heavy atom. The minimum absolute atomic E-state index is 0.0916. The van der Waals surface area contributed by atoms with Crippen LogP contribution >= 0.6 is 27.3 Å². The Labute approximate surface area is 294 Å². The molecule has 0 radical (unpaired) electrons. The first-order valence-electron chi connectivity index (χ1n) is 15.3. The number of carbonyl (C=O) groups excluding carboxylic acids is 1. The first-order valence-corrected chi connectivity index (χ1v) is 16.9. The molecule has 3 aromatic carbocycles. The second-order valence-corrected chi connectivity index (χ2v) is 13.1. The maximum atomic E-state index is 14.2. The molecule has 11 nitrogen and oxygen atoms in total. The van der Waals surface area contributed by atoms with Crippen molar-refractivity contribution < 1.29 is 38.4 Å². The summed E-state index contributed by atoms with van der Waals surface area (Å²) < 4.78 is 31.1. The Morgan fingerprint density at radius 2 is 1.71 bits per heavy atom. The van der Waals surface area contributed by atoms with Gasteiger partial charge >= 0.3 is 11.9 Å². The van der Waals surface area contributed by atoms with E-state index in [-0.39, 0.29) is 36.0 Å². The lowest BCUT2D eigenvalue weighted by molar-refractivity contribution is -0.139. The lowest BCUT2D eigenvalue weighted by atomic mass is 9.95. The van der Waals surface area contributed by atoms with Gasteiger partial charge in [-0.15, -0.1) is 0 Å². The maximum absolute atomic E-state index is 14.2. The zero-order valence-corrected chi connectivity index (χ0v) is 30.1. The van der Waals surface area contributed by atoms with Crippen molar-refractivity contribution in [3.8, 4) is 23.0 Å². The molecule has 0 saturated carbocycles. The number of esters is 1. The van der Waals surface area contributed by atoms with Crippen LogP contribution in [0.4, 0.5) is 0 Å². The summed E-state index contributed by atoms with van der Waals surface area (Å²) >= 11 is 4.80. The molecular weight excluding hydrogens is 716 g/mol. The summed E-state index contributed by atoms with van der Waals surface area (Å²) in [5.74, 6) is 0.307. The molecule has 0 amide bonds. The number of carboxylic acids is 1. The third-order valence-corrected chi connectivity index (χ3v) is 9.22. The van der Waals surface area contributed by atoms with E-state index in [1.807, 2.05) is 13.8 Å². The molecule has 1 aliphatic rings. The Morgan fingerprint density at radius 1 is 1.02 bits per heavy atom. The number of methoxy groups -OCH3 is 2. The largest absolute Gasteiger partial charge is 0.493 e. The van der Waals surface area contributed by atoms with Gasteiger partial charge in [0.1, 0.15) is 6.61 Å². The number of aromatic carboxylic acids is 1. The smallest absolute Gasteiger partial charge is 0.338 e. The van der Waals surface area contributed by atoms with Gasteiger partial charge in [0.2, 0.25) is 0 Å². The molecule has 256 valence electrons. The van der Waals surface area contributed by atoms with Gasteiger partial charge in [-0.25, -0.2) is 14.6 Å². The van der Waals surface area contributed by atoms with Gasteiger partial charge in [-0.05, 0) is 86.9 Å². The van der Waals surface area contributed by atoms with E-state index in [2.05, 4.69) is 20.9 Å². The highest BCUT2D eigenvalue weighted by atomic mass is 79.9. The minimum atomic E-state index is -1.00. The summed E-state index contributed by atoms with van der Waals surface area (Å²) in [5.41, 5.74) is 2.59. The van der Waals surface area contributed by atoms with E-state index in [1.54, 1.807) is 62.4 Å². The molecule has 1 N–H and O–H groups in total. The van der Waals surface area contributed by atoms with Crippen molar-refractivity contribution in [3.05, 3.63) is 112 Å². The van der Waals surface area contributed by atoms with E-state index >= 15 is 0 Å². The number of hydrogen-bond acceptors (Lipinski definition) is 10. The number of halogens is 1. The van der Waals surface area contributed by atoms with E-state index in [0.29, 0.717) is 53.6 Å². The van der Waals surface area contributed by atoms with Crippen LogP contribution in [0, 0.1) is 0 Å². The number of carboxylic acid groups (broad SMARTS) is 1. The number of aromatic nitrogens is 1. The predicted molar refractivity (Wildman–Crippen MR) is 188 cm³/mol. The zero-order chi connectivity index (χ0) is 35.4. The van der Waals surface area contributed by atoms with Gasteiger partial charge in [0.05, 0.1) is 54.3 Å². The van der Waals surface area contributed by atoms with E-state index in [4.69, 9.17) is 28.8 Å². The highest BCUT2D eigenvalue weighted by molar-refractivity contribution is 9.10. The number of nitrogens with zero attached hydrogens (tertiary/aromatic N) is 2. The van der Waals surface area contributed by atoms with E-state index in [1.165, 1.54) is 42.3 Å². The summed E-state index contributed by atoms with van der Waals surface area (Å²) in [7, 11) is 3.05.